The van der Waals surface area contributed by atoms with E-state index < -0.39 is 0 Å². The predicted octanol–water partition coefficient (Wildman–Crippen LogP) is 2.32. The van der Waals surface area contributed by atoms with Gasteiger partial charge in [-0.3, -0.25) is 4.90 Å². The van der Waals surface area contributed by atoms with Crippen molar-refractivity contribution in [1.82, 2.24) is 30.3 Å². The molecule has 9 heteroatoms. The molecule has 0 aromatic carbocycles. The Morgan fingerprint density at radius 3 is 2.52 bits per heavy atom. The molecule has 0 saturated carbocycles. The lowest BCUT2D eigenvalue weighted by atomic mass is 10.0. The first-order chi connectivity index (χ1) is 13.5. The Morgan fingerprint density at radius 2 is 1.90 bits per heavy atom. The van der Waals surface area contributed by atoms with Crippen LogP contribution in [0.3, 0.4) is 0 Å². The first-order valence-electron chi connectivity index (χ1n) is 10.7. The number of halogens is 1. The number of guanidine groups is 1. The van der Waals surface area contributed by atoms with Crippen LogP contribution in [-0.2, 0) is 18.3 Å². The Kier molecular flexibility index (Phi) is 12.7. The summed E-state index contributed by atoms with van der Waals surface area (Å²) in [6, 6.07) is 0.383. The van der Waals surface area contributed by atoms with Gasteiger partial charge >= 0.3 is 0 Å². The lowest BCUT2D eigenvalue weighted by Gasteiger charge is -2.26. The Balaban J connectivity index is 0.00000420. The fourth-order valence-corrected chi connectivity index (χ4v) is 3.11. The maximum Gasteiger partial charge on any atom is 0.191 e. The molecule has 1 atom stereocenters. The van der Waals surface area contributed by atoms with Crippen molar-refractivity contribution >= 4 is 29.9 Å². The maximum atomic E-state index is 5.41. The molecule has 1 aromatic rings. The molecule has 2 N–H and O–H groups in total. The molecule has 0 aliphatic carbocycles. The minimum atomic E-state index is 0. The van der Waals surface area contributed by atoms with Crippen LogP contribution in [0.15, 0.2) is 4.99 Å². The van der Waals surface area contributed by atoms with Crippen molar-refractivity contribution in [2.24, 2.45) is 18.0 Å². The van der Waals surface area contributed by atoms with Crippen molar-refractivity contribution in [2.75, 3.05) is 39.4 Å². The van der Waals surface area contributed by atoms with E-state index in [0.717, 1.165) is 69.8 Å². The molecule has 1 aliphatic rings. The lowest BCUT2D eigenvalue weighted by molar-refractivity contribution is 0.0376. The molecular formula is C20H40IN7O. The normalized spacial score (nSPS) is 16.6. The molecule has 0 radical (unpaired) electrons. The molecule has 29 heavy (non-hydrogen) atoms. The van der Waals surface area contributed by atoms with E-state index in [1.54, 1.807) is 0 Å². The van der Waals surface area contributed by atoms with E-state index in [1.165, 1.54) is 6.42 Å². The van der Waals surface area contributed by atoms with Crippen LogP contribution < -0.4 is 10.6 Å². The third kappa shape index (κ3) is 10.1. The van der Waals surface area contributed by atoms with Gasteiger partial charge in [0.1, 0.15) is 12.4 Å². The molecule has 0 amide bonds. The van der Waals surface area contributed by atoms with Crippen LogP contribution >= 0.6 is 24.0 Å². The van der Waals surface area contributed by atoms with Gasteiger partial charge < -0.3 is 19.9 Å². The van der Waals surface area contributed by atoms with Crippen molar-refractivity contribution in [3.63, 3.8) is 0 Å². The van der Waals surface area contributed by atoms with Crippen LogP contribution in [0.5, 0.6) is 0 Å². The highest BCUT2D eigenvalue weighted by Gasteiger charge is 2.11. The second-order valence-electron chi connectivity index (χ2n) is 8.14. The van der Waals surface area contributed by atoms with Crippen LogP contribution in [0.2, 0.25) is 0 Å². The van der Waals surface area contributed by atoms with E-state index in [9.17, 15) is 0 Å². The Bertz CT molecular complexity index is 600. The molecule has 1 fully saturated rings. The van der Waals surface area contributed by atoms with E-state index >= 15 is 0 Å². The van der Waals surface area contributed by atoms with E-state index in [-0.39, 0.29) is 24.0 Å². The molecule has 1 saturated heterocycles. The number of nitrogens with zero attached hydrogens (tertiary/aromatic N) is 5. The third-order valence-corrected chi connectivity index (χ3v) is 5.17. The highest BCUT2D eigenvalue weighted by atomic mass is 127. The molecule has 1 aliphatic heterocycles. The maximum absolute atomic E-state index is 5.41. The van der Waals surface area contributed by atoms with Gasteiger partial charge in [0.05, 0.1) is 13.2 Å². The van der Waals surface area contributed by atoms with Crippen molar-refractivity contribution in [2.45, 2.75) is 59.5 Å². The highest BCUT2D eigenvalue weighted by Crippen LogP contribution is 2.06. The van der Waals surface area contributed by atoms with Gasteiger partial charge in [0.2, 0.25) is 0 Å². The number of rotatable bonds is 10. The SMILES string of the molecule is Cc1nnc(CN=C(NCCCN2CCOCC2)NC(C)CCC(C)C)n1C.I. The number of aryl methyl sites for hydroxylation is 1. The number of hydrogen-bond acceptors (Lipinski definition) is 5. The lowest BCUT2D eigenvalue weighted by Crippen LogP contribution is -2.44. The fourth-order valence-electron chi connectivity index (χ4n) is 3.11. The van der Waals surface area contributed by atoms with Crippen LogP contribution in [-0.4, -0.2) is 71.1 Å². The first-order valence-corrected chi connectivity index (χ1v) is 10.7. The van der Waals surface area contributed by atoms with E-state index in [1.807, 2.05) is 18.5 Å². The monoisotopic (exact) mass is 521 g/mol. The van der Waals surface area contributed by atoms with Crippen molar-refractivity contribution in [3.05, 3.63) is 11.6 Å². The minimum absolute atomic E-state index is 0. The number of aliphatic imine (C=N–C) groups is 1. The molecule has 8 nitrogen and oxygen atoms in total. The zero-order valence-electron chi connectivity index (χ0n) is 18.8. The number of nitrogens with one attached hydrogen (secondary N) is 2. The van der Waals surface area contributed by atoms with Gasteiger partial charge in [0, 0.05) is 32.7 Å². The fraction of sp³-hybridized carbons (Fsp3) is 0.850. The van der Waals surface area contributed by atoms with Gasteiger partial charge in [0.15, 0.2) is 11.8 Å². The topological polar surface area (TPSA) is 79.6 Å². The van der Waals surface area contributed by atoms with Crippen LogP contribution in [0.1, 0.15) is 51.7 Å². The van der Waals surface area contributed by atoms with Crippen molar-refractivity contribution in [3.8, 4) is 0 Å². The van der Waals surface area contributed by atoms with Gasteiger partial charge in [-0.1, -0.05) is 13.8 Å². The summed E-state index contributed by atoms with van der Waals surface area (Å²) in [6.45, 7) is 15.0. The molecule has 2 rings (SSSR count). The number of morpholine rings is 1. The van der Waals surface area contributed by atoms with Gasteiger partial charge in [0.25, 0.3) is 0 Å². The summed E-state index contributed by atoms with van der Waals surface area (Å²) in [7, 11) is 1.98. The molecule has 168 valence electrons. The summed E-state index contributed by atoms with van der Waals surface area (Å²) in [5.74, 6) is 3.36. The predicted molar refractivity (Wildman–Crippen MR) is 129 cm³/mol. The second-order valence-corrected chi connectivity index (χ2v) is 8.14. The summed E-state index contributed by atoms with van der Waals surface area (Å²) in [5.41, 5.74) is 0. The van der Waals surface area contributed by atoms with Crippen LogP contribution in [0.25, 0.3) is 0 Å². The minimum Gasteiger partial charge on any atom is -0.379 e. The van der Waals surface area contributed by atoms with Gasteiger partial charge in [-0.25, -0.2) is 4.99 Å². The molecular weight excluding hydrogens is 481 g/mol. The Morgan fingerprint density at radius 1 is 1.17 bits per heavy atom. The largest absolute Gasteiger partial charge is 0.379 e. The summed E-state index contributed by atoms with van der Waals surface area (Å²) >= 11 is 0. The standard InChI is InChI=1S/C20H39N7O.HI/c1-16(2)7-8-17(3)23-20(22-15-19-25-24-18(4)26(19)5)21-9-6-10-27-11-13-28-14-12-27;/h16-17H,6-15H2,1-5H3,(H2,21,22,23);1H. The highest BCUT2D eigenvalue weighted by molar-refractivity contribution is 14.0. The Labute approximate surface area is 193 Å². The Hall–Kier alpha value is -0.940. The van der Waals surface area contributed by atoms with Crippen LogP contribution in [0, 0.1) is 12.8 Å². The molecule has 0 bridgehead atoms. The second kappa shape index (κ2) is 14.1. The number of hydrogen-bond donors (Lipinski definition) is 2. The molecule has 0 spiro atoms. The quantitative estimate of drug-likeness (QED) is 0.213. The van der Waals surface area contributed by atoms with Crippen LogP contribution in [0.4, 0.5) is 0 Å². The summed E-state index contributed by atoms with van der Waals surface area (Å²) < 4.78 is 7.40. The summed E-state index contributed by atoms with van der Waals surface area (Å²) in [6.07, 6.45) is 3.43. The third-order valence-electron chi connectivity index (χ3n) is 5.17. The van der Waals surface area contributed by atoms with Gasteiger partial charge in [-0.05, 0) is 45.6 Å². The van der Waals surface area contributed by atoms with E-state index in [4.69, 9.17) is 9.73 Å². The zero-order valence-corrected chi connectivity index (χ0v) is 21.1. The average Bonchev–Trinajstić information content (AvgIpc) is 3.00. The molecule has 1 aromatic heterocycles. The first kappa shape index (κ1) is 26.1. The smallest absolute Gasteiger partial charge is 0.191 e. The van der Waals surface area contributed by atoms with Gasteiger partial charge in [-0.15, -0.1) is 34.2 Å². The van der Waals surface area contributed by atoms with Crippen molar-refractivity contribution < 1.29 is 4.74 Å². The van der Waals surface area contributed by atoms with E-state index in [0.29, 0.717) is 18.5 Å². The molecule has 1 unspecified atom stereocenters. The van der Waals surface area contributed by atoms with Crippen molar-refractivity contribution in [1.29, 1.82) is 0 Å². The number of aromatic nitrogens is 3. The van der Waals surface area contributed by atoms with E-state index in [2.05, 4.69) is 46.5 Å². The summed E-state index contributed by atoms with van der Waals surface area (Å²) in [4.78, 5) is 7.22. The average molecular weight is 521 g/mol. The summed E-state index contributed by atoms with van der Waals surface area (Å²) in [5, 5.41) is 15.4. The zero-order chi connectivity index (χ0) is 20.4. The van der Waals surface area contributed by atoms with Gasteiger partial charge in [-0.2, -0.15) is 0 Å². The number of ether oxygens (including phenoxy) is 1. The molecule has 2 heterocycles.